The zero-order valence-electron chi connectivity index (χ0n) is 36.5. The largest absolute Gasteiger partial charge is 0.456 e. The summed E-state index contributed by atoms with van der Waals surface area (Å²) in [7, 11) is 0. The number of Topliss-reactive ketones (excluding diaryl/α,β-unsaturated/α-hetero) is 1. The summed E-state index contributed by atoms with van der Waals surface area (Å²) < 4.78 is 36.1. The molecule has 1 saturated heterocycles. The number of hydrogen-bond donors (Lipinski definition) is 4. The number of nitrogens with one attached hydrogen (secondary N) is 1. The van der Waals surface area contributed by atoms with E-state index in [-0.39, 0.29) is 29.7 Å². The van der Waals surface area contributed by atoms with Gasteiger partial charge in [0.1, 0.15) is 30.0 Å². The fourth-order valence-electron chi connectivity index (χ4n) is 10.7. The molecular weight excluding hydrogens is 839 g/mol. The maximum atomic E-state index is 15.8. The lowest BCUT2D eigenvalue weighted by Crippen LogP contribution is -2.82. The SMILES string of the molecule is CC(=O)O[C@@]12CO[C@@H]1C[C@H](O)[C@@]1(C)C(=O)[C@H](OC(=O)C3CCCC3)C3=C(C)[C@@H](OC(=O)[C@H](O)[C@@H](NC(=O)OC(C)C)c4cccs4)C[C@@](O)(C(OC(=O)c4ccccc4)C12)C3(C)C. The van der Waals surface area contributed by atoms with Crippen molar-refractivity contribution in [1.29, 1.82) is 0 Å². The molecule has 1 aliphatic heterocycles. The van der Waals surface area contributed by atoms with Gasteiger partial charge in [-0.25, -0.2) is 14.4 Å². The highest BCUT2D eigenvalue weighted by molar-refractivity contribution is 7.10. The van der Waals surface area contributed by atoms with Crippen molar-refractivity contribution in [2.75, 3.05) is 6.61 Å². The van der Waals surface area contributed by atoms with Gasteiger partial charge in [-0.2, -0.15) is 0 Å². The summed E-state index contributed by atoms with van der Waals surface area (Å²) in [6.07, 6.45) is -9.30. The van der Waals surface area contributed by atoms with Gasteiger partial charge in [-0.15, -0.1) is 11.3 Å². The molecule has 17 heteroatoms. The number of aliphatic hydroxyl groups is 3. The van der Waals surface area contributed by atoms with Gasteiger partial charge in [-0.3, -0.25) is 14.4 Å². The van der Waals surface area contributed by atoms with Crippen molar-refractivity contribution >= 4 is 47.1 Å². The molecule has 4 fully saturated rings. The number of benzene rings is 1. The van der Waals surface area contributed by atoms with Crippen LogP contribution in [0, 0.1) is 22.7 Å². The van der Waals surface area contributed by atoms with Gasteiger partial charge in [0.05, 0.1) is 41.6 Å². The first kappa shape index (κ1) is 46.3. The molecule has 7 rings (SSSR count). The molecule has 16 nitrogen and oxygen atoms in total. The zero-order valence-corrected chi connectivity index (χ0v) is 37.3. The summed E-state index contributed by atoms with van der Waals surface area (Å²) in [6.45, 7) is 10.3. The summed E-state index contributed by atoms with van der Waals surface area (Å²) in [5, 5.41) is 41.9. The van der Waals surface area contributed by atoms with E-state index >= 15 is 4.79 Å². The number of fused-ring (bicyclic) bond motifs is 5. The van der Waals surface area contributed by atoms with Crippen molar-refractivity contribution in [3.05, 3.63) is 69.4 Å². The number of hydrogen-bond acceptors (Lipinski definition) is 16. The highest BCUT2D eigenvalue weighted by Gasteiger charge is 2.78. The molecule has 342 valence electrons. The first-order valence-corrected chi connectivity index (χ1v) is 22.4. The molecule has 2 heterocycles. The van der Waals surface area contributed by atoms with E-state index in [0.717, 1.165) is 24.2 Å². The van der Waals surface area contributed by atoms with Gasteiger partial charge in [0.15, 0.2) is 23.6 Å². The Hall–Kier alpha value is -4.68. The van der Waals surface area contributed by atoms with E-state index < -0.39 is 125 Å². The van der Waals surface area contributed by atoms with E-state index in [2.05, 4.69) is 5.32 Å². The molecule has 1 aromatic carbocycles. The molecule has 3 saturated carbocycles. The van der Waals surface area contributed by atoms with Crippen molar-refractivity contribution in [3.63, 3.8) is 0 Å². The van der Waals surface area contributed by atoms with Gasteiger partial charge in [0.2, 0.25) is 0 Å². The third kappa shape index (κ3) is 7.97. The summed E-state index contributed by atoms with van der Waals surface area (Å²) in [6, 6.07) is 9.82. The molecule has 0 radical (unpaired) electrons. The lowest BCUT2D eigenvalue weighted by molar-refractivity contribution is -0.346. The number of aliphatic hydroxyl groups excluding tert-OH is 2. The lowest BCUT2D eigenvalue weighted by Gasteiger charge is -2.67. The van der Waals surface area contributed by atoms with Crippen LogP contribution in [0.5, 0.6) is 0 Å². The van der Waals surface area contributed by atoms with Crippen molar-refractivity contribution < 1.29 is 72.5 Å². The first-order chi connectivity index (χ1) is 29.7. The van der Waals surface area contributed by atoms with E-state index in [9.17, 15) is 39.3 Å². The van der Waals surface area contributed by atoms with Crippen LogP contribution < -0.4 is 5.32 Å². The molecule has 2 aromatic rings. The highest BCUT2D eigenvalue weighted by Crippen LogP contribution is 2.64. The Labute approximate surface area is 369 Å². The van der Waals surface area contributed by atoms with E-state index in [0.29, 0.717) is 17.7 Å². The third-order valence-corrected chi connectivity index (χ3v) is 15.1. The maximum absolute atomic E-state index is 15.8. The van der Waals surface area contributed by atoms with Gasteiger partial charge >= 0.3 is 30.0 Å². The molecule has 5 aliphatic rings. The van der Waals surface area contributed by atoms with Gasteiger partial charge in [-0.05, 0) is 75.3 Å². The van der Waals surface area contributed by atoms with Crippen LogP contribution in [0.15, 0.2) is 59.0 Å². The van der Waals surface area contributed by atoms with E-state index in [1.165, 1.54) is 26.0 Å². The predicted molar refractivity (Wildman–Crippen MR) is 223 cm³/mol. The molecule has 0 spiro atoms. The molecule has 1 amide bonds. The second-order valence-corrected chi connectivity index (χ2v) is 19.5. The average molecular weight is 896 g/mol. The third-order valence-electron chi connectivity index (χ3n) is 14.1. The Kier molecular flexibility index (Phi) is 12.8. The molecule has 63 heavy (non-hydrogen) atoms. The Morgan fingerprint density at radius 1 is 0.968 bits per heavy atom. The number of ketones is 1. The van der Waals surface area contributed by atoms with Crippen LogP contribution in [-0.4, -0.2) is 112 Å². The van der Waals surface area contributed by atoms with Crippen LogP contribution in [0.4, 0.5) is 4.79 Å². The molecule has 4 N–H and O–H groups in total. The Morgan fingerprint density at radius 2 is 1.65 bits per heavy atom. The predicted octanol–water partition coefficient (Wildman–Crippen LogP) is 4.67. The standard InChI is InChI=1S/C46H57NO15S/c1-23(2)58-42(55)47-33(29-18-13-19-63-29)34(50)41(54)59-28-21-46(56)38(61-40(53)27-14-9-8-10-15-27)36-44(7,30(49)20-31-45(36,22-57-31)62-25(4)48)37(51)35(32(24(28)3)43(46,5)6)60-39(52)26-16-11-12-17-26/h8-10,13-15,18-19,23,26,28,30-31,33-36,38,49-50,56H,11-12,16-17,20-22H2,1-7H3,(H,47,55)/t28-,30-,31+,33-,34+,35+,36?,38?,44+,45-,46+/m0/s1. The molecule has 2 unspecified atom stereocenters. The number of amides is 1. The second kappa shape index (κ2) is 17.4. The van der Waals surface area contributed by atoms with Gasteiger partial charge in [-0.1, -0.05) is 51.0 Å². The minimum absolute atomic E-state index is 0.0366. The zero-order chi connectivity index (χ0) is 45.8. The summed E-state index contributed by atoms with van der Waals surface area (Å²) >= 11 is 1.15. The van der Waals surface area contributed by atoms with Crippen LogP contribution in [0.1, 0.15) is 108 Å². The van der Waals surface area contributed by atoms with Gasteiger partial charge < -0.3 is 49.1 Å². The number of thiophene rings is 1. The molecule has 11 atom stereocenters. The smallest absolute Gasteiger partial charge is 0.408 e. The van der Waals surface area contributed by atoms with Crippen LogP contribution in [0.3, 0.4) is 0 Å². The fourth-order valence-corrected chi connectivity index (χ4v) is 11.5. The number of ether oxygens (including phenoxy) is 6. The van der Waals surface area contributed by atoms with E-state index in [4.69, 9.17) is 28.4 Å². The quantitative estimate of drug-likeness (QED) is 0.136. The first-order valence-electron chi connectivity index (χ1n) is 21.5. The number of carbonyl (C=O) groups is 6. The second-order valence-electron chi connectivity index (χ2n) is 18.5. The van der Waals surface area contributed by atoms with Crippen LogP contribution in [0.2, 0.25) is 0 Å². The maximum Gasteiger partial charge on any atom is 0.408 e. The normalized spacial score (nSPS) is 33.3. The van der Waals surface area contributed by atoms with E-state index in [1.54, 1.807) is 70.3 Å². The minimum Gasteiger partial charge on any atom is -0.456 e. The highest BCUT2D eigenvalue weighted by atomic mass is 32.1. The Bertz CT molecular complexity index is 2130. The number of alkyl carbamates (subject to hydrolysis) is 1. The molecule has 1 aromatic heterocycles. The van der Waals surface area contributed by atoms with E-state index in [1.807, 2.05) is 0 Å². The van der Waals surface area contributed by atoms with Gasteiger partial charge in [0.25, 0.3) is 0 Å². The van der Waals surface area contributed by atoms with Crippen molar-refractivity contribution in [1.82, 2.24) is 5.32 Å². The summed E-state index contributed by atoms with van der Waals surface area (Å²) in [5.41, 5.74) is -7.55. The van der Waals surface area contributed by atoms with Crippen LogP contribution in [0.25, 0.3) is 0 Å². The number of esters is 4. The Morgan fingerprint density at radius 3 is 2.24 bits per heavy atom. The summed E-state index contributed by atoms with van der Waals surface area (Å²) in [5.74, 6) is -6.50. The number of rotatable bonds is 11. The topological polar surface area (TPSA) is 231 Å². The average Bonchev–Trinajstić information content (AvgIpc) is 3.97. The molecule has 4 aliphatic carbocycles. The van der Waals surface area contributed by atoms with Crippen LogP contribution in [-0.2, 0) is 47.6 Å². The fraction of sp³-hybridized carbons (Fsp3) is 0.609. The Balaban J connectivity index is 1.41. The molecular formula is C46H57NO15S. The van der Waals surface area contributed by atoms with Crippen molar-refractivity contribution in [2.45, 2.75) is 147 Å². The lowest BCUT2D eigenvalue weighted by atomic mass is 9.44. The van der Waals surface area contributed by atoms with Crippen molar-refractivity contribution in [2.24, 2.45) is 22.7 Å². The minimum atomic E-state index is -2.39. The monoisotopic (exact) mass is 895 g/mol. The molecule has 2 bridgehead atoms. The van der Waals surface area contributed by atoms with Gasteiger partial charge in [0, 0.05) is 30.1 Å². The van der Waals surface area contributed by atoms with Crippen molar-refractivity contribution in [3.8, 4) is 0 Å². The number of carbonyl (C=O) groups excluding carboxylic acids is 6. The van der Waals surface area contributed by atoms with Crippen LogP contribution >= 0.6 is 11.3 Å². The summed E-state index contributed by atoms with van der Waals surface area (Å²) in [4.78, 5) is 84.8.